The summed E-state index contributed by atoms with van der Waals surface area (Å²) in [4.78, 5) is 24.6. The van der Waals surface area contributed by atoms with Gasteiger partial charge in [0.15, 0.2) is 0 Å². The number of amides is 2. The van der Waals surface area contributed by atoms with Gasteiger partial charge in [-0.05, 0) is 89.8 Å². The predicted octanol–water partition coefficient (Wildman–Crippen LogP) is 3.90. The van der Waals surface area contributed by atoms with E-state index in [-0.39, 0.29) is 17.2 Å². The summed E-state index contributed by atoms with van der Waals surface area (Å²) in [5, 5.41) is 5.88. The summed E-state index contributed by atoms with van der Waals surface area (Å²) >= 11 is 3.39. The summed E-state index contributed by atoms with van der Waals surface area (Å²) in [6, 6.07) is 7.35. The second-order valence-electron chi connectivity index (χ2n) is 8.68. The highest BCUT2D eigenvalue weighted by molar-refractivity contribution is 9.10. The van der Waals surface area contributed by atoms with Crippen LogP contribution in [0.15, 0.2) is 28.7 Å². The van der Waals surface area contributed by atoms with Crippen molar-refractivity contribution < 1.29 is 9.59 Å². The molecule has 0 aliphatic heterocycles. The average Bonchev–Trinajstić information content (AvgIpc) is 2.57. The molecular weight excluding hydrogens is 392 g/mol. The highest BCUT2D eigenvalue weighted by Crippen LogP contribution is 2.61. The van der Waals surface area contributed by atoms with E-state index in [1.165, 1.54) is 38.5 Å². The number of hydrogen-bond acceptors (Lipinski definition) is 2. The first-order valence-corrected chi connectivity index (χ1v) is 10.6. The fourth-order valence-electron chi connectivity index (χ4n) is 6.03. The highest BCUT2D eigenvalue weighted by Gasteiger charge is 2.51. The molecule has 5 heteroatoms. The molecule has 2 amide bonds. The van der Waals surface area contributed by atoms with Gasteiger partial charge >= 0.3 is 0 Å². The molecule has 0 aromatic heterocycles. The molecule has 4 aliphatic carbocycles. The zero-order valence-electron chi connectivity index (χ0n) is 15.1. The third-order valence-corrected chi connectivity index (χ3v) is 7.24. The molecule has 4 aliphatic rings. The van der Waals surface area contributed by atoms with Crippen LogP contribution < -0.4 is 10.6 Å². The van der Waals surface area contributed by atoms with Crippen molar-refractivity contribution in [2.75, 3.05) is 13.1 Å². The molecule has 4 saturated carbocycles. The van der Waals surface area contributed by atoms with Crippen molar-refractivity contribution in [2.24, 2.45) is 23.2 Å². The normalized spacial score (nSPS) is 31.7. The Bertz CT molecular complexity index is 668. The van der Waals surface area contributed by atoms with Crippen molar-refractivity contribution >= 4 is 27.7 Å². The van der Waals surface area contributed by atoms with E-state index in [9.17, 15) is 9.59 Å². The number of rotatable bonds is 6. The fraction of sp³-hybridized carbons (Fsp3) is 0.619. The maximum Gasteiger partial charge on any atom is 0.252 e. The first kappa shape index (κ1) is 18.0. The Labute approximate surface area is 163 Å². The summed E-state index contributed by atoms with van der Waals surface area (Å²) in [6.45, 7) is 0.939. The zero-order valence-corrected chi connectivity index (χ0v) is 16.7. The lowest BCUT2D eigenvalue weighted by Crippen LogP contribution is -2.48. The molecule has 1 aromatic rings. The number of benzene rings is 1. The molecule has 4 bridgehead atoms. The molecule has 0 atom stereocenters. The zero-order chi connectivity index (χ0) is 18.1. The van der Waals surface area contributed by atoms with E-state index in [1.54, 1.807) is 6.07 Å². The van der Waals surface area contributed by atoms with Crippen LogP contribution in [0.4, 0.5) is 0 Å². The van der Waals surface area contributed by atoms with Crippen LogP contribution in [-0.2, 0) is 4.79 Å². The molecule has 26 heavy (non-hydrogen) atoms. The SMILES string of the molecule is O=C(CC12CC3CC(CC(C3)C1)C2)NCCNC(=O)c1ccccc1Br. The van der Waals surface area contributed by atoms with Gasteiger partial charge in [-0.2, -0.15) is 0 Å². The van der Waals surface area contributed by atoms with Crippen LogP contribution in [0.3, 0.4) is 0 Å². The second kappa shape index (κ2) is 7.34. The monoisotopic (exact) mass is 418 g/mol. The van der Waals surface area contributed by atoms with Gasteiger partial charge in [-0.1, -0.05) is 12.1 Å². The van der Waals surface area contributed by atoms with Crippen LogP contribution in [0.1, 0.15) is 55.3 Å². The molecule has 5 rings (SSSR count). The third kappa shape index (κ3) is 3.83. The minimum atomic E-state index is -0.118. The lowest BCUT2D eigenvalue weighted by atomic mass is 9.49. The molecule has 2 N–H and O–H groups in total. The quantitative estimate of drug-likeness (QED) is 0.688. The lowest BCUT2D eigenvalue weighted by molar-refractivity contribution is -0.129. The summed E-state index contributed by atoms with van der Waals surface area (Å²) in [5.74, 6) is 2.66. The van der Waals surface area contributed by atoms with E-state index in [0.29, 0.717) is 25.1 Å². The van der Waals surface area contributed by atoms with E-state index >= 15 is 0 Å². The Hall–Kier alpha value is -1.36. The molecular formula is C21H27BrN2O2. The van der Waals surface area contributed by atoms with Gasteiger partial charge in [0.25, 0.3) is 5.91 Å². The van der Waals surface area contributed by atoms with Crippen LogP contribution in [0.5, 0.6) is 0 Å². The van der Waals surface area contributed by atoms with Gasteiger partial charge < -0.3 is 10.6 Å². The van der Waals surface area contributed by atoms with Gasteiger partial charge in [-0.25, -0.2) is 0 Å². The topological polar surface area (TPSA) is 58.2 Å². The second-order valence-corrected chi connectivity index (χ2v) is 9.53. The van der Waals surface area contributed by atoms with Crippen LogP contribution in [0, 0.1) is 23.2 Å². The number of carbonyl (C=O) groups excluding carboxylic acids is 2. The van der Waals surface area contributed by atoms with Crippen LogP contribution in [0.2, 0.25) is 0 Å². The Morgan fingerprint density at radius 2 is 1.54 bits per heavy atom. The van der Waals surface area contributed by atoms with E-state index in [4.69, 9.17) is 0 Å². The van der Waals surface area contributed by atoms with Crippen molar-refractivity contribution in [1.82, 2.24) is 10.6 Å². The standard InChI is InChI=1S/C21H27BrN2O2/c22-18-4-2-1-3-17(18)20(26)24-6-5-23-19(25)13-21-10-14-7-15(11-21)9-16(8-14)12-21/h1-4,14-16H,5-13H2,(H,23,25)(H,24,26). The van der Waals surface area contributed by atoms with E-state index < -0.39 is 0 Å². The van der Waals surface area contributed by atoms with Crippen molar-refractivity contribution in [1.29, 1.82) is 0 Å². The van der Waals surface area contributed by atoms with Gasteiger partial charge in [-0.15, -0.1) is 0 Å². The molecule has 0 unspecified atom stereocenters. The Morgan fingerprint density at radius 3 is 2.15 bits per heavy atom. The Balaban J connectivity index is 1.21. The molecule has 140 valence electrons. The molecule has 4 fully saturated rings. The lowest BCUT2D eigenvalue weighted by Gasteiger charge is -2.56. The fourth-order valence-corrected chi connectivity index (χ4v) is 6.49. The van der Waals surface area contributed by atoms with Crippen LogP contribution >= 0.6 is 15.9 Å². The van der Waals surface area contributed by atoms with Crippen molar-refractivity contribution in [3.05, 3.63) is 34.3 Å². The predicted molar refractivity (Wildman–Crippen MR) is 105 cm³/mol. The maximum absolute atomic E-state index is 12.5. The number of hydrogen-bond donors (Lipinski definition) is 2. The average molecular weight is 419 g/mol. The molecule has 0 heterocycles. The van der Waals surface area contributed by atoms with Gasteiger partial charge in [0.2, 0.25) is 5.91 Å². The van der Waals surface area contributed by atoms with Crippen LogP contribution in [-0.4, -0.2) is 24.9 Å². The first-order valence-electron chi connectivity index (χ1n) is 9.82. The van der Waals surface area contributed by atoms with Gasteiger partial charge in [-0.3, -0.25) is 9.59 Å². The molecule has 0 spiro atoms. The maximum atomic E-state index is 12.5. The van der Waals surface area contributed by atoms with E-state index in [1.807, 2.05) is 18.2 Å². The third-order valence-electron chi connectivity index (χ3n) is 6.55. The Morgan fingerprint density at radius 1 is 0.962 bits per heavy atom. The van der Waals surface area contributed by atoms with Crippen molar-refractivity contribution in [3.8, 4) is 0 Å². The van der Waals surface area contributed by atoms with E-state index in [2.05, 4.69) is 26.6 Å². The molecule has 1 aromatic carbocycles. The van der Waals surface area contributed by atoms with Crippen molar-refractivity contribution in [3.63, 3.8) is 0 Å². The number of carbonyl (C=O) groups is 2. The Kier molecular flexibility index (Phi) is 5.09. The first-order chi connectivity index (χ1) is 12.5. The minimum absolute atomic E-state index is 0.118. The molecule has 4 nitrogen and oxygen atoms in total. The summed E-state index contributed by atoms with van der Waals surface area (Å²) in [5.41, 5.74) is 0.893. The number of nitrogens with one attached hydrogen (secondary N) is 2. The van der Waals surface area contributed by atoms with Crippen LogP contribution in [0.25, 0.3) is 0 Å². The largest absolute Gasteiger partial charge is 0.354 e. The van der Waals surface area contributed by atoms with Crippen molar-refractivity contribution in [2.45, 2.75) is 44.9 Å². The van der Waals surface area contributed by atoms with Gasteiger partial charge in [0, 0.05) is 24.0 Å². The number of halogens is 1. The van der Waals surface area contributed by atoms with Gasteiger partial charge in [0.1, 0.15) is 0 Å². The summed E-state index contributed by atoms with van der Waals surface area (Å²) < 4.78 is 0.781. The van der Waals surface area contributed by atoms with E-state index in [0.717, 1.165) is 22.2 Å². The smallest absolute Gasteiger partial charge is 0.252 e. The van der Waals surface area contributed by atoms with Gasteiger partial charge in [0.05, 0.1) is 5.56 Å². The minimum Gasteiger partial charge on any atom is -0.354 e. The summed E-state index contributed by atoms with van der Waals surface area (Å²) in [6.07, 6.45) is 8.65. The molecule has 0 radical (unpaired) electrons. The highest BCUT2D eigenvalue weighted by atomic mass is 79.9. The summed E-state index contributed by atoms with van der Waals surface area (Å²) in [7, 11) is 0. The molecule has 0 saturated heterocycles.